The standard InChI is InChI=1S/C10H19NO/c12-10(8-4-3-5-8)9-6-1-2-7-11-9/h8-12H,1-7H2. The van der Waals surface area contributed by atoms with Crippen molar-refractivity contribution in [3.63, 3.8) is 0 Å². The second-order valence-electron chi connectivity index (χ2n) is 4.24. The quantitative estimate of drug-likeness (QED) is 0.653. The summed E-state index contributed by atoms with van der Waals surface area (Å²) in [5.74, 6) is 0.612. The van der Waals surface area contributed by atoms with Crippen molar-refractivity contribution in [2.75, 3.05) is 6.54 Å². The van der Waals surface area contributed by atoms with Crippen LogP contribution in [0.3, 0.4) is 0 Å². The van der Waals surface area contributed by atoms with Crippen molar-refractivity contribution in [3.05, 3.63) is 0 Å². The Morgan fingerprint density at radius 2 is 1.92 bits per heavy atom. The predicted octanol–water partition coefficient (Wildman–Crippen LogP) is 1.29. The average molecular weight is 169 g/mol. The van der Waals surface area contributed by atoms with E-state index in [0.29, 0.717) is 12.0 Å². The molecule has 12 heavy (non-hydrogen) atoms. The molecule has 2 aliphatic rings. The van der Waals surface area contributed by atoms with E-state index >= 15 is 0 Å². The summed E-state index contributed by atoms with van der Waals surface area (Å²) in [6, 6.07) is 0.407. The van der Waals surface area contributed by atoms with Gasteiger partial charge in [-0.05, 0) is 38.1 Å². The van der Waals surface area contributed by atoms with Crippen LogP contribution in [0, 0.1) is 5.92 Å². The summed E-state index contributed by atoms with van der Waals surface area (Å²) in [7, 11) is 0. The highest BCUT2D eigenvalue weighted by atomic mass is 16.3. The lowest BCUT2D eigenvalue weighted by molar-refractivity contribution is 0.0233. The van der Waals surface area contributed by atoms with Crippen molar-refractivity contribution < 1.29 is 5.11 Å². The van der Waals surface area contributed by atoms with E-state index in [9.17, 15) is 5.11 Å². The Morgan fingerprint density at radius 1 is 1.08 bits per heavy atom. The van der Waals surface area contributed by atoms with E-state index in [0.717, 1.165) is 6.54 Å². The summed E-state index contributed by atoms with van der Waals surface area (Å²) in [6.07, 6.45) is 7.53. The van der Waals surface area contributed by atoms with Crippen LogP contribution in [0.25, 0.3) is 0 Å². The molecule has 2 heteroatoms. The molecule has 2 N–H and O–H groups in total. The molecule has 0 aromatic carbocycles. The van der Waals surface area contributed by atoms with Gasteiger partial charge in [0.15, 0.2) is 0 Å². The van der Waals surface area contributed by atoms with Crippen LogP contribution in [0.4, 0.5) is 0 Å². The van der Waals surface area contributed by atoms with Crippen LogP contribution in [0.2, 0.25) is 0 Å². The molecule has 0 aromatic rings. The molecule has 1 aliphatic heterocycles. The second-order valence-corrected chi connectivity index (χ2v) is 4.24. The van der Waals surface area contributed by atoms with Crippen LogP contribution >= 0.6 is 0 Å². The molecule has 2 atom stereocenters. The fourth-order valence-corrected chi connectivity index (χ4v) is 2.28. The van der Waals surface area contributed by atoms with E-state index in [1.54, 1.807) is 0 Å². The molecule has 2 nitrogen and oxygen atoms in total. The lowest BCUT2D eigenvalue weighted by Gasteiger charge is -2.37. The molecule has 0 bridgehead atoms. The third kappa shape index (κ3) is 1.64. The first-order valence-electron chi connectivity index (χ1n) is 5.29. The highest BCUT2D eigenvalue weighted by Gasteiger charge is 2.31. The summed E-state index contributed by atoms with van der Waals surface area (Å²) >= 11 is 0. The summed E-state index contributed by atoms with van der Waals surface area (Å²) in [4.78, 5) is 0. The summed E-state index contributed by atoms with van der Waals surface area (Å²) in [6.45, 7) is 1.11. The molecule has 0 aromatic heterocycles. The first-order valence-corrected chi connectivity index (χ1v) is 5.29. The SMILES string of the molecule is OC(C1CCC1)C1CCCCN1. The third-order valence-electron chi connectivity index (χ3n) is 3.39. The Labute approximate surface area is 74.4 Å². The van der Waals surface area contributed by atoms with Crippen LogP contribution in [0.15, 0.2) is 0 Å². The minimum atomic E-state index is -0.0564. The molecule has 0 radical (unpaired) electrons. The highest BCUT2D eigenvalue weighted by Crippen LogP contribution is 2.32. The second kappa shape index (κ2) is 3.75. The first-order chi connectivity index (χ1) is 5.88. The topological polar surface area (TPSA) is 32.3 Å². The third-order valence-corrected chi connectivity index (χ3v) is 3.39. The first kappa shape index (κ1) is 8.52. The van der Waals surface area contributed by atoms with Gasteiger partial charge in [-0.2, -0.15) is 0 Å². The van der Waals surface area contributed by atoms with Crippen LogP contribution in [0.1, 0.15) is 38.5 Å². The Morgan fingerprint density at radius 3 is 2.42 bits per heavy atom. The van der Waals surface area contributed by atoms with E-state index in [-0.39, 0.29) is 6.10 Å². The van der Waals surface area contributed by atoms with Crippen LogP contribution < -0.4 is 5.32 Å². The molecule has 1 saturated heterocycles. The van der Waals surface area contributed by atoms with E-state index in [4.69, 9.17) is 0 Å². The summed E-state index contributed by atoms with van der Waals surface area (Å²) in [5, 5.41) is 13.3. The summed E-state index contributed by atoms with van der Waals surface area (Å²) in [5.41, 5.74) is 0. The van der Waals surface area contributed by atoms with Gasteiger partial charge in [0, 0.05) is 6.04 Å². The van der Waals surface area contributed by atoms with Crippen molar-refractivity contribution in [3.8, 4) is 0 Å². The van der Waals surface area contributed by atoms with E-state index < -0.39 is 0 Å². The number of piperidine rings is 1. The largest absolute Gasteiger partial charge is 0.391 e. The van der Waals surface area contributed by atoms with Gasteiger partial charge in [0.25, 0.3) is 0 Å². The van der Waals surface area contributed by atoms with E-state index in [1.807, 2.05) is 0 Å². The molecule has 2 rings (SSSR count). The zero-order valence-electron chi connectivity index (χ0n) is 7.63. The maximum Gasteiger partial charge on any atom is 0.0721 e. The Bertz CT molecular complexity index is 139. The number of hydrogen-bond acceptors (Lipinski definition) is 2. The Balaban J connectivity index is 1.80. The fourth-order valence-electron chi connectivity index (χ4n) is 2.28. The smallest absolute Gasteiger partial charge is 0.0721 e. The number of aliphatic hydroxyl groups is 1. The molecular formula is C10H19NO. The van der Waals surface area contributed by atoms with Crippen LogP contribution in [0.5, 0.6) is 0 Å². The van der Waals surface area contributed by atoms with E-state index in [1.165, 1.54) is 38.5 Å². The minimum absolute atomic E-state index is 0.0564. The molecule has 70 valence electrons. The van der Waals surface area contributed by atoms with Gasteiger partial charge in [0.1, 0.15) is 0 Å². The van der Waals surface area contributed by atoms with Crippen LogP contribution in [-0.4, -0.2) is 23.8 Å². The maximum absolute atomic E-state index is 9.93. The lowest BCUT2D eigenvalue weighted by atomic mass is 9.77. The normalized spacial score (nSPS) is 34.2. The molecule has 1 heterocycles. The molecule has 2 unspecified atom stereocenters. The summed E-state index contributed by atoms with van der Waals surface area (Å²) < 4.78 is 0. The zero-order valence-corrected chi connectivity index (χ0v) is 7.63. The molecule has 0 spiro atoms. The molecule has 1 aliphatic carbocycles. The number of aliphatic hydroxyl groups excluding tert-OH is 1. The lowest BCUT2D eigenvalue weighted by Crippen LogP contribution is -2.47. The van der Waals surface area contributed by atoms with Gasteiger partial charge >= 0.3 is 0 Å². The fraction of sp³-hybridized carbons (Fsp3) is 1.00. The van der Waals surface area contributed by atoms with Crippen molar-refractivity contribution in [2.24, 2.45) is 5.92 Å². The minimum Gasteiger partial charge on any atom is -0.391 e. The van der Waals surface area contributed by atoms with Crippen molar-refractivity contribution in [2.45, 2.75) is 50.7 Å². The van der Waals surface area contributed by atoms with Crippen LogP contribution in [-0.2, 0) is 0 Å². The van der Waals surface area contributed by atoms with Gasteiger partial charge in [-0.3, -0.25) is 0 Å². The average Bonchev–Trinajstić information content (AvgIpc) is 2.03. The van der Waals surface area contributed by atoms with Crippen molar-refractivity contribution >= 4 is 0 Å². The van der Waals surface area contributed by atoms with Gasteiger partial charge < -0.3 is 10.4 Å². The monoisotopic (exact) mass is 169 g/mol. The predicted molar refractivity (Wildman–Crippen MR) is 49.0 cm³/mol. The zero-order chi connectivity index (χ0) is 8.39. The van der Waals surface area contributed by atoms with Gasteiger partial charge in [-0.25, -0.2) is 0 Å². The molecule has 1 saturated carbocycles. The number of hydrogen-bond donors (Lipinski definition) is 2. The Kier molecular flexibility index (Phi) is 2.66. The Hall–Kier alpha value is -0.0800. The molecular weight excluding hydrogens is 150 g/mol. The van der Waals surface area contributed by atoms with Crippen molar-refractivity contribution in [1.82, 2.24) is 5.32 Å². The van der Waals surface area contributed by atoms with Gasteiger partial charge in [-0.1, -0.05) is 12.8 Å². The highest BCUT2D eigenvalue weighted by molar-refractivity contribution is 4.87. The molecule has 2 fully saturated rings. The molecule has 0 amide bonds. The van der Waals surface area contributed by atoms with Gasteiger partial charge in [0.2, 0.25) is 0 Å². The van der Waals surface area contributed by atoms with E-state index in [2.05, 4.69) is 5.32 Å². The maximum atomic E-state index is 9.93. The van der Waals surface area contributed by atoms with Gasteiger partial charge in [0.05, 0.1) is 6.10 Å². The van der Waals surface area contributed by atoms with Gasteiger partial charge in [-0.15, -0.1) is 0 Å². The van der Waals surface area contributed by atoms with Crippen molar-refractivity contribution in [1.29, 1.82) is 0 Å². The number of nitrogens with one attached hydrogen (secondary N) is 1. The number of rotatable bonds is 2.